The first kappa shape index (κ1) is 9.33. The van der Waals surface area contributed by atoms with Crippen molar-refractivity contribution in [2.45, 2.75) is 38.5 Å². The molecule has 0 aromatic heterocycles. The van der Waals surface area contributed by atoms with Gasteiger partial charge in [-0.1, -0.05) is 37.8 Å². The molecule has 11 heavy (non-hydrogen) atoms. The Balaban J connectivity index is 2.75. The van der Waals surface area contributed by atoms with Gasteiger partial charge < -0.3 is 5.32 Å². The molecular weight excluding hydrogens is 174 g/mol. The van der Waals surface area contributed by atoms with Gasteiger partial charge in [0, 0.05) is 10.8 Å². The first-order valence-electron chi connectivity index (χ1n) is 3.92. The predicted octanol–water partition coefficient (Wildman–Crippen LogP) is 2.41. The molecule has 1 fully saturated rings. The van der Waals surface area contributed by atoms with E-state index in [0.717, 1.165) is 4.32 Å². The molecule has 1 nitrogen and oxygen atoms in total. The molecule has 1 saturated heterocycles. The van der Waals surface area contributed by atoms with Crippen LogP contribution >= 0.6 is 24.0 Å². The fourth-order valence-corrected chi connectivity index (χ4v) is 3.19. The van der Waals surface area contributed by atoms with Crippen LogP contribution in [0.4, 0.5) is 0 Å². The summed E-state index contributed by atoms with van der Waals surface area (Å²) in [5.41, 5.74) is 0.168. The monoisotopic (exact) mass is 189 g/mol. The lowest BCUT2D eigenvalue weighted by molar-refractivity contribution is 0.307. The zero-order chi connectivity index (χ0) is 8.65. The first-order chi connectivity index (χ1) is 4.93. The zero-order valence-electron chi connectivity index (χ0n) is 7.47. The quantitative estimate of drug-likeness (QED) is 0.588. The molecule has 0 amide bonds. The molecule has 64 valence electrons. The third-order valence-corrected chi connectivity index (χ3v) is 4.05. The summed E-state index contributed by atoms with van der Waals surface area (Å²) in [6.07, 6.45) is 0. The van der Waals surface area contributed by atoms with Crippen LogP contribution in [-0.4, -0.2) is 15.1 Å². The van der Waals surface area contributed by atoms with Crippen LogP contribution in [0.5, 0.6) is 0 Å². The van der Waals surface area contributed by atoms with Crippen molar-refractivity contribution in [2.75, 3.05) is 0 Å². The second-order valence-corrected chi connectivity index (χ2v) is 5.80. The normalized spacial score (nSPS) is 36.5. The van der Waals surface area contributed by atoms with Crippen LogP contribution in [0.25, 0.3) is 0 Å². The minimum Gasteiger partial charge on any atom is -0.366 e. The van der Waals surface area contributed by atoms with Gasteiger partial charge in [-0.05, 0) is 19.8 Å². The van der Waals surface area contributed by atoms with E-state index in [1.807, 2.05) is 0 Å². The minimum absolute atomic E-state index is 0.168. The number of hydrogen-bond acceptors (Lipinski definition) is 2. The van der Waals surface area contributed by atoms with Crippen molar-refractivity contribution < 1.29 is 0 Å². The van der Waals surface area contributed by atoms with E-state index in [2.05, 4.69) is 33.0 Å². The number of thioether (sulfide) groups is 1. The van der Waals surface area contributed by atoms with Crippen molar-refractivity contribution in [1.82, 2.24) is 5.32 Å². The van der Waals surface area contributed by atoms with Crippen LogP contribution in [-0.2, 0) is 0 Å². The van der Waals surface area contributed by atoms with Crippen LogP contribution in [0.1, 0.15) is 27.7 Å². The maximum Gasteiger partial charge on any atom is 0.134 e. The van der Waals surface area contributed by atoms with Crippen molar-refractivity contribution in [1.29, 1.82) is 0 Å². The van der Waals surface area contributed by atoms with E-state index < -0.39 is 0 Å². The lowest BCUT2D eigenvalue weighted by atomic mass is 9.87. The summed E-state index contributed by atoms with van der Waals surface area (Å²) in [5.74, 6) is 0.666. The molecule has 1 aliphatic rings. The molecule has 0 spiro atoms. The second kappa shape index (κ2) is 2.94. The number of rotatable bonds is 0. The van der Waals surface area contributed by atoms with Gasteiger partial charge in [-0.2, -0.15) is 0 Å². The Hall–Kier alpha value is 0.240. The molecule has 0 radical (unpaired) electrons. The molecular formula is C8H15NS2. The Morgan fingerprint density at radius 1 is 1.45 bits per heavy atom. The molecule has 1 N–H and O–H groups in total. The van der Waals surface area contributed by atoms with Crippen molar-refractivity contribution in [3.8, 4) is 0 Å². The van der Waals surface area contributed by atoms with Gasteiger partial charge in [-0.3, -0.25) is 0 Å². The fraction of sp³-hybridized carbons (Fsp3) is 0.875. The largest absolute Gasteiger partial charge is 0.366 e. The number of hydrogen-bond donors (Lipinski definition) is 1. The van der Waals surface area contributed by atoms with Gasteiger partial charge in [-0.25, -0.2) is 0 Å². The van der Waals surface area contributed by atoms with Crippen molar-refractivity contribution in [2.24, 2.45) is 5.92 Å². The molecule has 0 bridgehead atoms. The van der Waals surface area contributed by atoms with E-state index in [-0.39, 0.29) is 5.54 Å². The first-order valence-corrected chi connectivity index (χ1v) is 5.21. The van der Waals surface area contributed by atoms with Crippen LogP contribution in [0.3, 0.4) is 0 Å². The van der Waals surface area contributed by atoms with Crippen molar-refractivity contribution >= 4 is 28.3 Å². The number of thiocarbonyl (C=S) groups is 1. The average Bonchev–Trinajstić information content (AvgIpc) is 1.81. The Bertz CT molecular complexity index is 177. The zero-order valence-corrected chi connectivity index (χ0v) is 9.10. The Morgan fingerprint density at radius 2 is 2.00 bits per heavy atom. The summed E-state index contributed by atoms with van der Waals surface area (Å²) in [6, 6.07) is 0. The third kappa shape index (κ3) is 1.88. The Morgan fingerprint density at radius 3 is 2.45 bits per heavy atom. The SMILES string of the molecule is C[C@@H]1SC(=S)NC(C)(C)[C@H]1C. The third-order valence-electron chi connectivity index (χ3n) is 2.56. The topological polar surface area (TPSA) is 12.0 Å². The Labute approximate surface area is 78.3 Å². The van der Waals surface area contributed by atoms with E-state index in [1.54, 1.807) is 11.8 Å². The van der Waals surface area contributed by atoms with Crippen molar-refractivity contribution in [3.63, 3.8) is 0 Å². The van der Waals surface area contributed by atoms with Crippen LogP contribution < -0.4 is 5.32 Å². The molecule has 0 aromatic rings. The van der Waals surface area contributed by atoms with Crippen LogP contribution in [0, 0.1) is 5.92 Å². The molecule has 0 aromatic carbocycles. The molecule has 1 heterocycles. The summed E-state index contributed by atoms with van der Waals surface area (Å²) in [5, 5.41) is 3.97. The Kier molecular flexibility index (Phi) is 2.49. The van der Waals surface area contributed by atoms with Gasteiger partial charge in [-0.15, -0.1) is 0 Å². The maximum atomic E-state index is 5.14. The summed E-state index contributed by atoms with van der Waals surface area (Å²) >= 11 is 6.91. The van der Waals surface area contributed by atoms with Gasteiger partial charge >= 0.3 is 0 Å². The van der Waals surface area contributed by atoms with Gasteiger partial charge in [0.05, 0.1) is 0 Å². The molecule has 1 rings (SSSR count). The van der Waals surface area contributed by atoms with E-state index in [9.17, 15) is 0 Å². The highest BCUT2D eigenvalue weighted by atomic mass is 32.2. The average molecular weight is 189 g/mol. The molecule has 0 saturated carbocycles. The molecule has 3 heteroatoms. The summed E-state index contributed by atoms with van der Waals surface area (Å²) in [4.78, 5) is 0. The maximum absolute atomic E-state index is 5.14. The highest BCUT2D eigenvalue weighted by Crippen LogP contribution is 2.33. The van der Waals surface area contributed by atoms with Gasteiger partial charge in [0.1, 0.15) is 4.32 Å². The van der Waals surface area contributed by atoms with Crippen LogP contribution in [0.2, 0.25) is 0 Å². The molecule has 1 aliphatic heterocycles. The lowest BCUT2D eigenvalue weighted by Crippen LogP contribution is -2.53. The molecule has 2 atom stereocenters. The van der Waals surface area contributed by atoms with E-state index >= 15 is 0 Å². The highest BCUT2D eigenvalue weighted by Gasteiger charge is 2.35. The van der Waals surface area contributed by atoms with Crippen molar-refractivity contribution in [3.05, 3.63) is 0 Å². The standard InChI is InChI=1S/C8H15NS2/c1-5-6(2)11-7(10)9-8(5,3)4/h5-6H,1-4H3,(H,9,10)/t5-,6-/m0/s1. The lowest BCUT2D eigenvalue weighted by Gasteiger charge is -2.41. The molecule has 0 aliphatic carbocycles. The van der Waals surface area contributed by atoms with Crippen LogP contribution in [0.15, 0.2) is 0 Å². The highest BCUT2D eigenvalue weighted by molar-refractivity contribution is 8.23. The smallest absolute Gasteiger partial charge is 0.134 e. The van der Waals surface area contributed by atoms with E-state index in [1.165, 1.54) is 0 Å². The van der Waals surface area contributed by atoms with E-state index in [4.69, 9.17) is 12.2 Å². The van der Waals surface area contributed by atoms with Gasteiger partial charge in [0.2, 0.25) is 0 Å². The minimum atomic E-state index is 0.168. The summed E-state index contributed by atoms with van der Waals surface area (Å²) < 4.78 is 0.945. The molecule has 0 unspecified atom stereocenters. The predicted molar refractivity (Wildman–Crippen MR) is 56.0 cm³/mol. The van der Waals surface area contributed by atoms with Gasteiger partial charge in [0.25, 0.3) is 0 Å². The summed E-state index contributed by atoms with van der Waals surface area (Å²) in [7, 11) is 0. The number of nitrogens with one attached hydrogen (secondary N) is 1. The van der Waals surface area contributed by atoms with E-state index in [0.29, 0.717) is 11.2 Å². The summed E-state index contributed by atoms with van der Waals surface area (Å²) in [6.45, 7) is 8.93. The van der Waals surface area contributed by atoms with Gasteiger partial charge in [0.15, 0.2) is 0 Å². The second-order valence-electron chi connectivity index (χ2n) is 3.75. The fourth-order valence-electron chi connectivity index (χ4n) is 1.26.